The first-order valence-electron chi connectivity index (χ1n) is 6.66. The molecular formula is C13H24N4OS. The number of amides is 1. The molecule has 0 saturated carbocycles. The molecule has 1 amide bonds. The number of nitrogens with one attached hydrogen (secondary N) is 1. The van der Waals surface area contributed by atoms with E-state index in [0.29, 0.717) is 13.0 Å². The van der Waals surface area contributed by atoms with Gasteiger partial charge >= 0.3 is 0 Å². The van der Waals surface area contributed by atoms with E-state index in [4.69, 9.17) is 5.73 Å². The van der Waals surface area contributed by atoms with E-state index in [1.54, 1.807) is 11.3 Å². The van der Waals surface area contributed by atoms with Gasteiger partial charge in [-0.2, -0.15) is 0 Å². The molecule has 19 heavy (non-hydrogen) atoms. The second-order valence-electron chi connectivity index (χ2n) is 4.81. The minimum Gasteiger partial charge on any atom is -0.356 e. The van der Waals surface area contributed by atoms with Crippen LogP contribution in [0.15, 0.2) is 5.38 Å². The Hall–Kier alpha value is -0.980. The van der Waals surface area contributed by atoms with Gasteiger partial charge in [-0.1, -0.05) is 0 Å². The standard InChI is InChI=1S/C13H24N4OS/c1-17(2)8-4-7-15-12(18)9-11-10-19-13(16-11)5-3-6-14/h10H,3-9,14H2,1-2H3,(H,15,18). The molecule has 0 aromatic carbocycles. The van der Waals surface area contributed by atoms with Crippen LogP contribution in [0.4, 0.5) is 0 Å². The molecule has 1 aromatic heterocycles. The van der Waals surface area contributed by atoms with Crippen LogP contribution < -0.4 is 11.1 Å². The normalized spacial score (nSPS) is 10.9. The predicted molar refractivity (Wildman–Crippen MR) is 79.4 cm³/mol. The van der Waals surface area contributed by atoms with Crippen molar-refractivity contribution < 1.29 is 4.79 Å². The number of rotatable bonds is 9. The van der Waals surface area contributed by atoms with Crippen LogP contribution in [0.1, 0.15) is 23.5 Å². The third kappa shape index (κ3) is 7.25. The quantitative estimate of drug-likeness (QED) is 0.653. The van der Waals surface area contributed by atoms with Crippen molar-refractivity contribution in [1.29, 1.82) is 0 Å². The van der Waals surface area contributed by atoms with Gasteiger partial charge in [0.15, 0.2) is 0 Å². The summed E-state index contributed by atoms with van der Waals surface area (Å²) >= 11 is 1.61. The van der Waals surface area contributed by atoms with Crippen molar-refractivity contribution in [3.63, 3.8) is 0 Å². The number of nitrogens with two attached hydrogens (primary N) is 1. The molecule has 108 valence electrons. The van der Waals surface area contributed by atoms with Gasteiger partial charge in [-0.3, -0.25) is 4.79 Å². The summed E-state index contributed by atoms with van der Waals surface area (Å²) in [6.45, 7) is 2.39. The maximum atomic E-state index is 11.7. The minimum absolute atomic E-state index is 0.0504. The van der Waals surface area contributed by atoms with E-state index in [9.17, 15) is 4.79 Å². The molecule has 1 heterocycles. The van der Waals surface area contributed by atoms with Gasteiger partial charge in [-0.05, 0) is 40.0 Å². The Balaban J connectivity index is 2.22. The molecule has 0 saturated heterocycles. The highest BCUT2D eigenvalue weighted by molar-refractivity contribution is 7.09. The summed E-state index contributed by atoms with van der Waals surface area (Å²) in [7, 11) is 4.06. The van der Waals surface area contributed by atoms with Crippen molar-refractivity contribution in [3.05, 3.63) is 16.1 Å². The lowest BCUT2D eigenvalue weighted by Crippen LogP contribution is -2.28. The smallest absolute Gasteiger partial charge is 0.226 e. The number of carbonyl (C=O) groups is 1. The molecule has 1 aromatic rings. The van der Waals surface area contributed by atoms with Crippen LogP contribution in [0.2, 0.25) is 0 Å². The summed E-state index contributed by atoms with van der Waals surface area (Å²) < 4.78 is 0. The maximum absolute atomic E-state index is 11.7. The van der Waals surface area contributed by atoms with Crippen molar-refractivity contribution >= 4 is 17.2 Å². The lowest BCUT2D eigenvalue weighted by atomic mass is 10.3. The molecule has 0 radical (unpaired) electrons. The number of hydrogen-bond acceptors (Lipinski definition) is 5. The molecule has 3 N–H and O–H groups in total. The van der Waals surface area contributed by atoms with Crippen LogP contribution in [-0.2, 0) is 17.6 Å². The zero-order valence-corrected chi connectivity index (χ0v) is 12.6. The van der Waals surface area contributed by atoms with Crippen molar-refractivity contribution in [2.45, 2.75) is 25.7 Å². The highest BCUT2D eigenvalue weighted by atomic mass is 32.1. The fourth-order valence-corrected chi connectivity index (χ4v) is 2.49. The molecule has 0 spiro atoms. The summed E-state index contributed by atoms with van der Waals surface area (Å²) in [6.07, 6.45) is 3.20. The summed E-state index contributed by atoms with van der Waals surface area (Å²) in [5.74, 6) is 0.0504. The summed E-state index contributed by atoms with van der Waals surface area (Å²) in [4.78, 5) is 18.2. The third-order valence-corrected chi connectivity index (χ3v) is 3.60. The summed E-state index contributed by atoms with van der Waals surface area (Å²) in [6, 6.07) is 0. The molecule has 0 aliphatic carbocycles. The van der Waals surface area contributed by atoms with E-state index in [0.717, 1.165) is 43.1 Å². The molecule has 0 aliphatic heterocycles. The van der Waals surface area contributed by atoms with Crippen LogP contribution >= 0.6 is 11.3 Å². The molecule has 0 unspecified atom stereocenters. The first-order valence-corrected chi connectivity index (χ1v) is 7.54. The fourth-order valence-electron chi connectivity index (χ4n) is 1.65. The second-order valence-corrected chi connectivity index (χ2v) is 5.75. The van der Waals surface area contributed by atoms with Gasteiger partial charge in [-0.25, -0.2) is 4.98 Å². The van der Waals surface area contributed by atoms with E-state index >= 15 is 0 Å². The molecule has 5 nitrogen and oxygen atoms in total. The van der Waals surface area contributed by atoms with Gasteiger partial charge in [0.05, 0.1) is 17.1 Å². The number of thiazole rings is 1. The first-order chi connectivity index (χ1) is 9.11. The fraction of sp³-hybridized carbons (Fsp3) is 0.692. The Morgan fingerprint density at radius 3 is 2.95 bits per heavy atom. The lowest BCUT2D eigenvalue weighted by molar-refractivity contribution is -0.120. The van der Waals surface area contributed by atoms with Crippen LogP contribution in [0.3, 0.4) is 0 Å². The number of carbonyl (C=O) groups excluding carboxylic acids is 1. The van der Waals surface area contributed by atoms with Gasteiger partial charge in [0.25, 0.3) is 0 Å². The second kappa shape index (κ2) is 9.01. The largest absolute Gasteiger partial charge is 0.356 e. The van der Waals surface area contributed by atoms with Crippen LogP contribution in [0.25, 0.3) is 0 Å². The van der Waals surface area contributed by atoms with Crippen LogP contribution in [-0.4, -0.2) is 49.5 Å². The number of aromatic nitrogens is 1. The lowest BCUT2D eigenvalue weighted by Gasteiger charge is -2.09. The van der Waals surface area contributed by atoms with E-state index in [-0.39, 0.29) is 5.91 Å². The van der Waals surface area contributed by atoms with Crippen LogP contribution in [0, 0.1) is 0 Å². The average Bonchev–Trinajstić information content (AvgIpc) is 2.79. The molecule has 1 rings (SSSR count). The van der Waals surface area contributed by atoms with Gasteiger partial charge in [0.1, 0.15) is 0 Å². The maximum Gasteiger partial charge on any atom is 0.226 e. The topological polar surface area (TPSA) is 71.2 Å². The van der Waals surface area contributed by atoms with Gasteiger partial charge in [0.2, 0.25) is 5.91 Å². The van der Waals surface area contributed by atoms with E-state index < -0.39 is 0 Å². The van der Waals surface area contributed by atoms with Gasteiger partial charge < -0.3 is 16.0 Å². The van der Waals surface area contributed by atoms with E-state index in [1.807, 2.05) is 19.5 Å². The minimum atomic E-state index is 0.0504. The summed E-state index contributed by atoms with van der Waals surface area (Å²) in [5.41, 5.74) is 6.33. The summed E-state index contributed by atoms with van der Waals surface area (Å²) in [5, 5.41) is 5.95. The number of aryl methyl sites for hydroxylation is 1. The highest BCUT2D eigenvalue weighted by Gasteiger charge is 2.07. The molecular weight excluding hydrogens is 260 g/mol. The Morgan fingerprint density at radius 2 is 2.26 bits per heavy atom. The number of nitrogens with zero attached hydrogens (tertiary/aromatic N) is 2. The molecule has 6 heteroatoms. The van der Waals surface area contributed by atoms with Crippen LogP contribution in [0.5, 0.6) is 0 Å². The highest BCUT2D eigenvalue weighted by Crippen LogP contribution is 2.11. The molecule has 0 fully saturated rings. The zero-order valence-electron chi connectivity index (χ0n) is 11.8. The molecule has 0 atom stereocenters. The third-order valence-electron chi connectivity index (χ3n) is 2.64. The van der Waals surface area contributed by atoms with Crippen molar-refractivity contribution in [2.75, 3.05) is 33.7 Å². The Bertz CT molecular complexity index is 378. The van der Waals surface area contributed by atoms with Gasteiger partial charge in [-0.15, -0.1) is 11.3 Å². The predicted octanol–water partition coefficient (Wildman–Crippen LogP) is 0.645. The zero-order chi connectivity index (χ0) is 14.1. The van der Waals surface area contributed by atoms with E-state index in [1.165, 1.54) is 0 Å². The molecule has 0 bridgehead atoms. The Kier molecular flexibility index (Phi) is 7.62. The average molecular weight is 284 g/mol. The SMILES string of the molecule is CN(C)CCCNC(=O)Cc1csc(CCCN)n1. The van der Waals surface area contributed by atoms with Crippen molar-refractivity contribution in [2.24, 2.45) is 5.73 Å². The monoisotopic (exact) mass is 284 g/mol. The Labute approximate surface area is 119 Å². The van der Waals surface area contributed by atoms with Crippen molar-refractivity contribution in [3.8, 4) is 0 Å². The van der Waals surface area contributed by atoms with E-state index in [2.05, 4.69) is 15.2 Å². The van der Waals surface area contributed by atoms with Crippen molar-refractivity contribution in [1.82, 2.24) is 15.2 Å². The Morgan fingerprint density at radius 1 is 1.47 bits per heavy atom. The first kappa shape index (κ1) is 16.1. The number of hydrogen-bond donors (Lipinski definition) is 2. The van der Waals surface area contributed by atoms with Gasteiger partial charge in [0, 0.05) is 18.3 Å². The molecule has 0 aliphatic rings.